The van der Waals surface area contributed by atoms with Gasteiger partial charge in [0, 0.05) is 11.4 Å². The van der Waals surface area contributed by atoms with Crippen molar-refractivity contribution in [2.75, 3.05) is 6.61 Å². The lowest BCUT2D eigenvalue weighted by Gasteiger charge is -2.09. The lowest BCUT2D eigenvalue weighted by molar-refractivity contribution is 0.0519. The summed E-state index contributed by atoms with van der Waals surface area (Å²) in [5, 5.41) is 0.281. The van der Waals surface area contributed by atoms with Crippen LogP contribution in [0.1, 0.15) is 28.5 Å². The Balaban J connectivity index is 2.29. The van der Waals surface area contributed by atoms with E-state index in [0.29, 0.717) is 11.4 Å². The number of hydrogen-bond acceptors (Lipinski definition) is 5. The van der Waals surface area contributed by atoms with Crippen LogP contribution < -0.4 is 5.69 Å². The number of H-pyrrole nitrogens is 1. The summed E-state index contributed by atoms with van der Waals surface area (Å²) in [7, 11) is 0. The van der Waals surface area contributed by atoms with E-state index >= 15 is 0 Å². The van der Waals surface area contributed by atoms with Crippen LogP contribution in [0.4, 0.5) is 4.39 Å². The molecule has 0 fully saturated rings. The molecule has 1 heterocycles. The second-order valence-corrected chi connectivity index (χ2v) is 5.45. The fourth-order valence-electron chi connectivity index (χ4n) is 1.89. The van der Waals surface area contributed by atoms with Crippen molar-refractivity contribution in [2.24, 2.45) is 0 Å². The molecule has 5 nitrogen and oxygen atoms in total. The van der Waals surface area contributed by atoms with E-state index in [-0.39, 0.29) is 23.0 Å². The van der Waals surface area contributed by atoms with Gasteiger partial charge in [-0.2, -0.15) is 4.98 Å². The maximum Gasteiger partial charge on any atom is 0.346 e. The minimum Gasteiger partial charge on any atom is -0.462 e. The monoisotopic (exact) mass is 322 g/mol. The second kappa shape index (κ2) is 7.22. The average molecular weight is 322 g/mol. The Kier molecular flexibility index (Phi) is 5.32. The molecule has 0 unspecified atom stereocenters. The van der Waals surface area contributed by atoms with Gasteiger partial charge in [0.05, 0.1) is 6.61 Å². The molecule has 0 spiro atoms. The maximum atomic E-state index is 13.2. The smallest absolute Gasteiger partial charge is 0.346 e. The number of nitrogens with zero attached hydrogens (tertiary/aromatic N) is 1. The quantitative estimate of drug-likeness (QED) is 0.520. The first-order chi connectivity index (χ1) is 10.5. The zero-order valence-electron chi connectivity index (χ0n) is 12.2. The normalized spacial score (nSPS) is 10.5. The van der Waals surface area contributed by atoms with Gasteiger partial charge in [-0.1, -0.05) is 12.1 Å². The third kappa shape index (κ3) is 3.94. The first-order valence-corrected chi connectivity index (χ1v) is 7.65. The van der Waals surface area contributed by atoms with E-state index < -0.39 is 11.7 Å². The summed E-state index contributed by atoms with van der Waals surface area (Å²) in [5.41, 5.74) is 0.842. The molecule has 0 radical (unpaired) electrons. The van der Waals surface area contributed by atoms with Crippen molar-refractivity contribution in [3.05, 3.63) is 57.4 Å². The Morgan fingerprint density at radius 3 is 2.91 bits per heavy atom. The first kappa shape index (κ1) is 16.2. The Labute approximate surface area is 130 Å². The van der Waals surface area contributed by atoms with Gasteiger partial charge in [0.25, 0.3) is 0 Å². The largest absolute Gasteiger partial charge is 0.462 e. The zero-order chi connectivity index (χ0) is 16.1. The Morgan fingerprint density at radius 1 is 1.45 bits per heavy atom. The highest BCUT2D eigenvalue weighted by atomic mass is 32.2. The van der Waals surface area contributed by atoms with Gasteiger partial charge in [0.2, 0.25) is 0 Å². The molecule has 2 rings (SSSR count). The number of carbonyl (C=O) groups is 1. The lowest BCUT2D eigenvalue weighted by atomic mass is 10.2. The van der Waals surface area contributed by atoms with Crippen LogP contribution in [0, 0.1) is 12.7 Å². The Morgan fingerprint density at radius 2 is 2.23 bits per heavy atom. The SMILES string of the molecule is CCOC(=O)c1c(SCc2cccc(F)c2)nc(=O)[nH]c1C. The van der Waals surface area contributed by atoms with Gasteiger partial charge in [-0.3, -0.25) is 0 Å². The fourth-order valence-corrected chi connectivity index (χ4v) is 2.90. The molecular formula is C15H15FN2O3S. The van der Waals surface area contributed by atoms with Crippen molar-refractivity contribution in [2.45, 2.75) is 24.6 Å². The molecule has 0 saturated carbocycles. The highest BCUT2D eigenvalue weighted by Gasteiger charge is 2.19. The van der Waals surface area contributed by atoms with Crippen LogP contribution in [0.2, 0.25) is 0 Å². The standard InChI is InChI=1S/C15H15FN2O3S/c1-3-21-14(19)12-9(2)17-15(20)18-13(12)22-8-10-5-4-6-11(16)7-10/h4-7H,3,8H2,1-2H3,(H,17,18,20). The number of carbonyl (C=O) groups excluding carboxylic acids is 1. The average Bonchev–Trinajstić information content (AvgIpc) is 2.44. The van der Waals surface area contributed by atoms with Crippen LogP contribution in [-0.2, 0) is 10.5 Å². The number of halogens is 1. The number of aryl methyl sites for hydroxylation is 1. The van der Waals surface area contributed by atoms with Crippen molar-refractivity contribution in [1.82, 2.24) is 9.97 Å². The summed E-state index contributed by atoms with van der Waals surface area (Å²) in [6.07, 6.45) is 0. The van der Waals surface area contributed by atoms with E-state index in [1.807, 2.05) is 0 Å². The molecule has 0 aliphatic rings. The number of esters is 1. The van der Waals surface area contributed by atoms with Crippen LogP contribution in [0.3, 0.4) is 0 Å². The van der Waals surface area contributed by atoms with Gasteiger partial charge >= 0.3 is 11.7 Å². The molecule has 1 aromatic heterocycles. The molecule has 116 valence electrons. The van der Waals surface area contributed by atoms with Crippen molar-refractivity contribution in [3.8, 4) is 0 Å². The summed E-state index contributed by atoms with van der Waals surface area (Å²) in [4.78, 5) is 29.8. The highest BCUT2D eigenvalue weighted by Crippen LogP contribution is 2.25. The van der Waals surface area contributed by atoms with Crippen LogP contribution in [0.5, 0.6) is 0 Å². The summed E-state index contributed by atoms with van der Waals surface area (Å²) >= 11 is 1.19. The van der Waals surface area contributed by atoms with Crippen molar-refractivity contribution in [3.63, 3.8) is 0 Å². The molecule has 22 heavy (non-hydrogen) atoms. The van der Waals surface area contributed by atoms with Crippen molar-refractivity contribution >= 4 is 17.7 Å². The van der Waals surface area contributed by atoms with E-state index in [4.69, 9.17) is 4.74 Å². The number of hydrogen-bond donors (Lipinski definition) is 1. The van der Waals surface area contributed by atoms with Gasteiger partial charge < -0.3 is 9.72 Å². The van der Waals surface area contributed by atoms with Gasteiger partial charge in [-0.15, -0.1) is 11.8 Å². The number of benzene rings is 1. The molecule has 2 aromatic rings. The number of thioether (sulfide) groups is 1. The molecule has 0 aliphatic carbocycles. The predicted octanol–water partition coefficient (Wildman–Crippen LogP) is 2.69. The van der Waals surface area contributed by atoms with E-state index in [9.17, 15) is 14.0 Å². The van der Waals surface area contributed by atoms with E-state index in [1.165, 1.54) is 23.9 Å². The molecule has 1 N–H and O–H groups in total. The third-order valence-corrected chi connectivity index (χ3v) is 3.88. The predicted molar refractivity (Wildman–Crippen MR) is 81.5 cm³/mol. The van der Waals surface area contributed by atoms with Crippen molar-refractivity contribution < 1.29 is 13.9 Å². The molecule has 7 heteroatoms. The zero-order valence-corrected chi connectivity index (χ0v) is 13.0. The Bertz CT molecular complexity index is 746. The van der Waals surface area contributed by atoms with E-state index in [0.717, 1.165) is 5.56 Å². The summed E-state index contributed by atoms with van der Waals surface area (Å²) < 4.78 is 18.2. The van der Waals surface area contributed by atoms with Crippen LogP contribution >= 0.6 is 11.8 Å². The van der Waals surface area contributed by atoms with Crippen LogP contribution in [0.25, 0.3) is 0 Å². The highest BCUT2D eigenvalue weighted by molar-refractivity contribution is 7.98. The van der Waals surface area contributed by atoms with Gasteiger partial charge in [-0.25, -0.2) is 14.0 Å². The van der Waals surface area contributed by atoms with Gasteiger partial charge in [-0.05, 0) is 31.5 Å². The number of aromatic amines is 1. The molecule has 1 aromatic carbocycles. The van der Waals surface area contributed by atoms with Crippen molar-refractivity contribution in [1.29, 1.82) is 0 Å². The Hall–Kier alpha value is -2.15. The molecule has 0 aliphatic heterocycles. The van der Waals surface area contributed by atoms with E-state index in [1.54, 1.807) is 26.0 Å². The second-order valence-electron chi connectivity index (χ2n) is 4.49. The first-order valence-electron chi connectivity index (χ1n) is 6.66. The van der Waals surface area contributed by atoms with Gasteiger partial charge in [0.1, 0.15) is 16.4 Å². The minimum absolute atomic E-state index is 0.228. The molecule has 0 saturated heterocycles. The summed E-state index contributed by atoms with van der Waals surface area (Å²) in [5.74, 6) is -0.482. The lowest BCUT2D eigenvalue weighted by Crippen LogP contribution is -2.19. The molecule has 0 atom stereocenters. The maximum absolute atomic E-state index is 13.2. The number of aromatic nitrogens is 2. The molecule has 0 bridgehead atoms. The van der Waals surface area contributed by atoms with E-state index in [2.05, 4.69) is 9.97 Å². The number of rotatable bonds is 5. The minimum atomic E-state index is -0.537. The van der Waals surface area contributed by atoms with Crippen LogP contribution in [-0.4, -0.2) is 22.5 Å². The topological polar surface area (TPSA) is 72.0 Å². The third-order valence-electron chi connectivity index (χ3n) is 2.83. The molecular weight excluding hydrogens is 307 g/mol. The number of nitrogens with one attached hydrogen (secondary N) is 1. The summed E-state index contributed by atoms with van der Waals surface area (Å²) in [6, 6.07) is 6.12. The number of ether oxygens (including phenoxy) is 1. The van der Waals surface area contributed by atoms with Crippen LogP contribution in [0.15, 0.2) is 34.1 Å². The van der Waals surface area contributed by atoms with Gasteiger partial charge in [0.15, 0.2) is 0 Å². The molecule has 0 amide bonds. The summed E-state index contributed by atoms with van der Waals surface area (Å²) in [6.45, 7) is 3.54. The fraction of sp³-hybridized carbons (Fsp3) is 0.267.